The van der Waals surface area contributed by atoms with Crippen LogP contribution in [0, 0.1) is 0 Å². The van der Waals surface area contributed by atoms with E-state index >= 15 is 0 Å². The number of morpholine rings is 1. The molecule has 11 heteroatoms. The van der Waals surface area contributed by atoms with Gasteiger partial charge >= 0.3 is 0 Å². The number of nitrogens with zero attached hydrogens (tertiary/aromatic N) is 6. The van der Waals surface area contributed by atoms with Crippen LogP contribution < -0.4 is 29.9 Å². The molecule has 0 unspecified atom stereocenters. The molecule has 3 aromatic heterocycles. The summed E-state index contributed by atoms with van der Waals surface area (Å²) in [6.07, 6.45) is 5.23. The number of anilines is 4. The maximum absolute atomic E-state index is 5.71. The second-order valence-corrected chi connectivity index (χ2v) is 9.38. The minimum absolute atomic E-state index is 0.603. The normalized spacial score (nSPS) is 15.8. The maximum Gasteiger partial charge on any atom is 0.162 e. The van der Waals surface area contributed by atoms with E-state index in [9.17, 15) is 0 Å². The predicted molar refractivity (Wildman–Crippen MR) is 152 cm³/mol. The molecule has 202 valence electrons. The topological polar surface area (TPSA) is 110 Å². The molecular formula is C28H32N8O3. The lowest BCUT2D eigenvalue weighted by Crippen LogP contribution is -2.44. The Morgan fingerprint density at radius 3 is 2.51 bits per heavy atom. The number of rotatable bonds is 7. The van der Waals surface area contributed by atoms with Gasteiger partial charge in [0.2, 0.25) is 0 Å². The number of nitrogens with one attached hydrogen (secondary N) is 2. The molecule has 0 atom stereocenters. The predicted octanol–water partition coefficient (Wildman–Crippen LogP) is 3.09. The number of benzene rings is 1. The van der Waals surface area contributed by atoms with Crippen LogP contribution in [0.2, 0.25) is 0 Å². The molecule has 2 N–H and O–H groups in total. The van der Waals surface area contributed by atoms with Gasteiger partial charge in [-0.1, -0.05) is 0 Å². The molecule has 39 heavy (non-hydrogen) atoms. The van der Waals surface area contributed by atoms with Crippen LogP contribution in [0.25, 0.3) is 22.3 Å². The third kappa shape index (κ3) is 5.23. The van der Waals surface area contributed by atoms with Crippen LogP contribution in [0.1, 0.15) is 0 Å². The van der Waals surface area contributed by atoms with Crippen molar-refractivity contribution in [1.29, 1.82) is 0 Å². The van der Waals surface area contributed by atoms with Crippen molar-refractivity contribution >= 4 is 33.9 Å². The number of aromatic nitrogens is 4. The maximum atomic E-state index is 5.71. The molecule has 0 aliphatic carbocycles. The minimum atomic E-state index is 0.603. The largest absolute Gasteiger partial charge is 0.494 e. The van der Waals surface area contributed by atoms with E-state index in [-0.39, 0.29) is 0 Å². The average molecular weight is 529 g/mol. The fraction of sp³-hybridized carbons (Fsp3) is 0.357. The second kappa shape index (κ2) is 11.3. The SMILES string of the molecule is COc1cc(N2CCOCC2)ccc1Nc1cc(-c2nc(N3CCNCC3)c3c(OC)cncc3n2)ccn1. The number of hydrogen-bond acceptors (Lipinski definition) is 11. The van der Waals surface area contributed by atoms with Crippen molar-refractivity contribution in [1.82, 2.24) is 25.3 Å². The number of methoxy groups -OCH3 is 2. The summed E-state index contributed by atoms with van der Waals surface area (Å²) in [6, 6.07) is 10.0. The van der Waals surface area contributed by atoms with Crippen molar-refractivity contribution in [2.24, 2.45) is 0 Å². The Hall–Kier alpha value is -4.22. The van der Waals surface area contributed by atoms with E-state index in [1.54, 1.807) is 32.8 Å². The smallest absolute Gasteiger partial charge is 0.162 e. The minimum Gasteiger partial charge on any atom is -0.494 e. The highest BCUT2D eigenvalue weighted by Gasteiger charge is 2.21. The lowest BCUT2D eigenvalue weighted by molar-refractivity contribution is 0.122. The molecular weight excluding hydrogens is 496 g/mol. The lowest BCUT2D eigenvalue weighted by atomic mass is 10.2. The van der Waals surface area contributed by atoms with Crippen LogP contribution >= 0.6 is 0 Å². The van der Waals surface area contributed by atoms with Gasteiger partial charge in [-0.05, 0) is 24.3 Å². The summed E-state index contributed by atoms with van der Waals surface area (Å²) in [5, 5.41) is 7.69. The van der Waals surface area contributed by atoms with Crippen LogP contribution in [0.15, 0.2) is 48.9 Å². The van der Waals surface area contributed by atoms with Crippen LogP contribution in [-0.4, -0.2) is 86.6 Å². The van der Waals surface area contributed by atoms with Crippen molar-refractivity contribution in [3.63, 3.8) is 0 Å². The van der Waals surface area contributed by atoms with Gasteiger partial charge in [-0.15, -0.1) is 0 Å². The molecule has 0 spiro atoms. The van der Waals surface area contributed by atoms with Gasteiger partial charge in [-0.2, -0.15) is 0 Å². The molecule has 6 rings (SSSR count). The van der Waals surface area contributed by atoms with Crippen molar-refractivity contribution in [2.75, 3.05) is 81.8 Å². The molecule has 0 amide bonds. The van der Waals surface area contributed by atoms with Gasteiger partial charge in [0, 0.05) is 62.8 Å². The fourth-order valence-corrected chi connectivity index (χ4v) is 5.00. The Bertz CT molecular complexity index is 1450. The van der Waals surface area contributed by atoms with E-state index in [0.29, 0.717) is 17.4 Å². The van der Waals surface area contributed by atoms with E-state index < -0.39 is 0 Å². The Morgan fingerprint density at radius 2 is 1.72 bits per heavy atom. The third-order valence-electron chi connectivity index (χ3n) is 7.03. The lowest BCUT2D eigenvalue weighted by Gasteiger charge is -2.29. The number of fused-ring (bicyclic) bond motifs is 1. The molecule has 2 fully saturated rings. The number of hydrogen-bond donors (Lipinski definition) is 2. The zero-order valence-corrected chi connectivity index (χ0v) is 22.2. The van der Waals surface area contributed by atoms with E-state index in [1.807, 2.05) is 24.3 Å². The highest BCUT2D eigenvalue weighted by Crippen LogP contribution is 2.35. The Kier molecular flexibility index (Phi) is 7.24. The van der Waals surface area contributed by atoms with Gasteiger partial charge in [-0.25, -0.2) is 15.0 Å². The molecule has 2 saturated heterocycles. The molecule has 0 radical (unpaired) electrons. The summed E-state index contributed by atoms with van der Waals surface area (Å²) < 4.78 is 16.8. The van der Waals surface area contributed by atoms with Crippen molar-refractivity contribution in [3.05, 3.63) is 48.9 Å². The Balaban J connectivity index is 1.33. The fourth-order valence-electron chi connectivity index (χ4n) is 5.00. The van der Waals surface area contributed by atoms with Crippen LogP contribution in [0.3, 0.4) is 0 Å². The number of pyridine rings is 2. The Morgan fingerprint density at radius 1 is 0.897 bits per heavy atom. The number of ether oxygens (including phenoxy) is 3. The first-order valence-electron chi connectivity index (χ1n) is 13.1. The molecule has 11 nitrogen and oxygen atoms in total. The first-order valence-corrected chi connectivity index (χ1v) is 13.1. The monoisotopic (exact) mass is 528 g/mol. The van der Waals surface area contributed by atoms with Gasteiger partial charge in [0.15, 0.2) is 5.82 Å². The highest BCUT2D eigenvalue weighted by atomic mass is 16.5. The summed E-state index contributed by atoms with van der Waals surface area (Å²) in [4.78, 5) is 23.4. The summed E-state index contributed by atoms with van der Waals surface area (Å²) in [5.74, 6) is 3.53. The molecule has 0 saturated carbocycles. The van der Waals surface area contributed by atoms with Crippen LogP contribution in [-0.2, 0) is 4.74 Å². The summed E-state index contributed by atoms with van der Waals surface area (Å²) in [7, 11) is 3.32. The zero-order chi connectivity index (χ0) is 26.6. The van der Waals surface area contributed by atoms with Gasteiger partial charge in [-0.3, -0.25) is 4.98 Å². The summed E-state index contributed by atoms with van der Waals surface area (Å²) in [6.45, 7) is 6.67. The van der Waals surface area contributed by atoms with Crippen molar-refractivity contribution < 1.29 is 14.2 Å². The first-order chi connectivity index (χ1) is 19.2. The van der Waals surface area contributed by atoms with E-state index in [2.05, 4.69) is 36.5 Å². The molecule has 1 aromatic carbocycles. The summed E-state index contributed by atoms with van der Waals surface area (Å²) >= 11 is 0. The Labute approximate surface area is 227 Å². The highest BCUT2D eigenvalue weighted by molar-refractivity contribution is 5.95. The molecule has 2 aliphatic rings. The average Bonchev–Trinajstić information content (AvgIpc) is 3.01. The van der Waals surface area contributed by atoms with Gasteiger partial charge in [0.25, 0.3) is 0 Å². The first kappa shape index (κ1) is 25.1. The van der Waals surface area contributed by atoms with Crippen LogP contribution in [0.5, 0.6) is 11.5 Å². The second-order valence-electron chi connectivity index (χ2n) is 9.38. The van der Waals surface area contributed by atoms with Crippen LogP contribution in [0.4, 0.5) is 23.0 Å². The van der Waals surface area contributed by atoms with Crippen molar-refractivity contribution in [2.45, 2.75) is 0 Å². The quantitative estimate of drug-likeness (QED) is 0.369. The molecule has 2 aliphatic heterocycles. The molecule has 4 aromatic rings. The van der Waals surface area contributed by atoms with E-state index in [0.717, 1.165) is 91.9 Å². The van der Waals surface area contributed by atoms with Gasteiger partial charge in [0.05, 0.1) is 56.4 Å². The molecule has 5 heterocycles. The van der Waals surface area contributed by atoms with E-state index in [4.69, 9.17) is 24.2 Å². The van der Waals surface area contributed by atoms with Gasteiger partial charge < -0.3 is 34.6 Å². The standard InChI is InChI=1S/C28H32N8O3/c1-37-23-16-20(35-11-13-39-14-12-35)3-4-21(23)32-25-15-19(5-6-31-25)27-33-22-17-30-18-24(38-2)26(22)28(34-27)36-9-7-29-8-10-36/h3-6,15-18,29H,7-14H2,1-2H3,(H,31,32). The number of piperazine rings is 1. The van der Waals surface area contributed by atoms with E-state index in [1.165, 1.54) is 0 Å². The third-order valence-corrected chi connectivity index (χ3v) is 7.03. The summed E-state index contributed by atoms with van der Waals surface area (Å²) in [5.41, 5.74) is 3.52. The van der Waals surface area contributed by atoms with Gasteiger partial charge in [0.1, 0.15) is 23.1 Å². The molecule has 0 bridgehead atoms. The zero-order valence-electron chi connectivity index (χ0n) is 22.2. The van der Waals surface area contributed by atoms with Crippen molar-refractivity contribution in [3.8, 4) is 22.9 Å².